The first-order valence-corrected chi connectivity index (χ1v) is 7.93. The van der Waals surface area contributed by atoms with Gasteiger partial charge in [-0.25, -0.2) is 0 Å². The van der Waals surface area contributed by atoms with E-state index in [2.05, 4.69) is 10.6 Å². The van der Waals surface area contributed by atoms with Gasteiger partial charge >= 0.3 is 0 Å². The predicted molar refractivity (Wildman–Crippen MR) is 88.9 cm³/mol. The molecule has 0 saturated carbocycles. The van der Waals surface area contributed by atoms with Gasteiger partial charge in [0, 0.05) is 11.6 Å². The molecule has 114 valence electrons. The lowest BCUT2D eigenvalue weighted by Gasteiger charge is -2.22. The number of halogens is 1. The maximum Gasteiger partial charge on any atom is 0.225 e. The van der Waals surface area contributed by atoms with Crippen LogP contribution in [-0.4, -0.2) is 19.0 Å². The minimum absolute atomic E-state index is 0.0467. The van der Waals surface area contributed by atoms with Crippen molar-refractivity contribution in [3.8, 4) is 0 Å². The van der Waals surface area contributed by atoms with Gasteiger partial charge in [-0.1, -0.05) is 54.1 Å². The summed E-state index contributed by atoms with van der Waals surface area (Å²) < 4.78 is 0. The van der Waals surface area contributed by atoms with E-state index in [1.165, 1.54) is 0 Å². The average Bonchev–Trinajstić information content (AvgIpc) is 3.08. The lowest BCUT2D eigenvalue weighted by Crippen LogP contribution is -2.35. The Bertz CT molecular complexity index is 639. The number of hydrogen-bond donors (Lipinski definition) is 2. The van der Waals surface area contributed by atoms with Crippen LogP contribution in [0.4, 0.5) is 0 Å². The van der Waals surface area contributed by atoms with Crippen molar-refractivity contribution in [3.63, 3.8) is 0 Å². The van der Waals surface area contributed by atoms with Gasteiger partial charge in [-0.15, -0.1) is 0 Å². The van der Waals surface area contributed by atoms with Crippen LogP contribution in [0.1, 0.15) is 23.6 Å². The molecule has 3 nitrogen and oxygen atoms in total. The van der Waals surface area contributed by atoms with E-state index in [1.54, 1.807) is 0 Å². The maximum absolute atomic E-state index is 12.5. The van der Waals surface area contributed by atoms with Crippen molar-refractivity contribution in [2.24, 2.45) is 5.92 Å². The summed E-state index contributed by atoms with van der Waals surface area (Å²) in [7, 11) is 0. The monoisotopic (exact) mass is 314 g/mol. The zero-order chi connectivity index (χ0) is 15.4. The molecule has 1 saturated heterocycles. The summed E-state index contributed by atoms with van der Waals surface area (Å²) in [4.78, 5) is 12.5. The summed E-state index contributed by atoms with van der Waals surface area (Å²) in [5.74, 6) is 0.143. The minimum atomic E-state index is -0.173. The standard InChI is InChI=1S/C18H19ClN2O/c19-16-8-4-7-14(11-16)17(13-5-2-1-3-6-13)21-18(22)15-9-10-20-12-15/h1-8,11,15,17,20H,9-10,12H2,(H,21,22)/t15-,17-/m1/s1. The van der Waals surface area contributed by atoms with E-state index in [-0.39, 0.29) is 17.9 Å². The highest BCUT2D eigenvalue weighted by Crippen LogP contribution is 2.25. The van der Waals surface area contributed by atoms with Crippen LogP contribution in [0.3, 0.4) is 0 Å². The Hall–Kier alpha value is -1.84. The first kappa shape index (κ1) is 15.1. The third kappa shape index (κ3) is 3.49. The Kier molecular flexibility index (Phi) is 4.76. The van der Waals surface area contributed by atoms with Crippen LogP contribution in [0.5, 0.6) is 0 Å². The zero-order valence-electron chi connectivity index (χ0n) is 12.3. The van der Waals surface area contributed by atoms with Crippen LogP contribution in [0.25, 0.3) is 0 Å². The third-order valence-corrected chi connectivity index (χ3v) is 4.27. The summed E-state index contributed by atoms with van der Waals surface area (Å²) in [5.41, 5.74) is 2.06. The van der Waals surface area contributed by atoms with Gasteiger partial charge in [0.15, 0.2) is 0 Å². The van der Waals surface area contributed by atoms with Crippen LogP contribution in [-0.2, 0) is 4.79 Å². The van der Waals surface area contributed by atoms with Gasteiger partial charge in [-0.3, -0.25) is 4.79 Å². The molecular formula is C18H19ClN2O. The summed E-state index contributed by atoms with van der Waals surface area (Å²) in [6.45, 7) is 1.66. The second-order valence-corrected chi connectivity index (χ2v) is 6.03. The quantitative estimate of drug-likeness (QED) is 0.910. The van der Waals surface area contributed by atoms with Crippen molar-refractivity contribution in [1.82, 2.24) is 10.6 Å². The molecule has 2 aromatic carbocycles. The van der Waals surface area contributed by atoms with Gasteiger partial charge in [-0.05, 0) is 36.2 Å². The molecule has 1 aliphatic rings. The molecule has 2 N–H and O–H groups in total. The predicted octanol–water partition coefficient (Wildman–Crippen LogP) is 3.16. The molecular weight excluding hydrogens is 296 g/mol. The summed E-state index contributed by atoms with van der Waals surface area (Å²) in [5, 5.41) is 7.09. The number of carbonyl (C=O) groups is 1. The van der Waals surface area contributed by atoms with Crippen molar-refractivity contribution < 1.29 is 4.79 Å². The molecule has 0 spiro atoms. The lowest BCUT2D eigenvalue weighted by molar-refractivity contribution is -0.124. The fourth-order valence-electron chi connectivity index (χ4n) is 2.83. The van der Waals surface area contributed by atoms with Crippen molar-refractivity contribution in [2.75, 3.05) is 13.1 Å². The lowest BCUT2D eigenvalue weighted by atomic mass is 9.97. The molecule has 2 atom stereocenters. The topological polar surface area (TPSA) is 41.1 Å². The molecule has 1 heterocycles. The molecule has 0 radical (unpaired) electrons. The van der Waals surface area contributed by atoms with Crippen molar-refractivity contribution in [3.05, 3.63) is 70.7 Å². The number of nitrogens with one attached hydrogen (secondary N) is 2. The number of carbonyl (C=O) groups excluding carboxylic acids is 1. The Morgan fingerprint density at radius 1 is 1.14 bits per heavy atom. The Balaban J connectivity index is 1.87. The second-order valence-electron chi connectivity index (χ2n) is 5.60. The van der Waals surface area contributed by atoms with E-state index in [0.717, 1.165) is 30.6 Å². The molecule has 0 unspecified atom stereocenters. The van der Waals surface area contributed by atoms with Crippen LogP contribution >= 0.6 is 11.6 Å². The fraction of sp³-hybridized carbons (Fsp3) is 0.278. The van der Waals surface area contributed by atoms with Gasteiger partial charge in [0.25, 0.3) is 0 Å². The van der Waals surface area contributed by atoms with Crippen molar-refractivity contribution in [2.45, 2.75) is 12.5 Å². The van der Waals surface area contributed by atoms with Crippen LogP contribution in [0, 0.1) is 5.92 Å². The third-order valence-electron chi connectivity index (χ3n) is 4.03. The SMILES string of the molecule is O=C(N[C@H](c1ccccc1)c1cccc(Cl)c1)[C@@H]1CCNC1. The summed E-state index contributed by atoms with van der Waals surface area (Å²) in [6.07, 6.45) is 0.892. The molecule has 2 aromatic rings. The van der Waals surface area contributed by atoms with Gasteiger partial charge in [0.1, 0.15) is 0 Å². The highest BCUT2D eigenvalue weighted by Gasteiger charge is 2.25. The van der Waals surface area contributed by atoms with E-state index < -0.39 is 0 Å². The van der Waals surface area contributed by atoms with Gasteiger partial charge in [0.2, 0.25) is 5.91 Å². The average molecular weight is 315 g/mol. The first-order chi connectivity index (χ1) is 10.7. The minimum Gasteiger partial charge on any atom is -0.345 e. The normalized spacial score (nSPS) is 18.9. The molecule has 0 aliphatic carbocycles. The Labute approximate surface area is 135 Å². The molecule has 1 aliphatic heterocycles. The molecule has 3 rings (SSSR count). The highest BCUT2D eigenvalue weighted by molar-refractivity contribution is 6.30. The van der Waals surface area contributed by atoms with E-state index in [0.29, 0.717) is 5.02 Å². The number of benzene rings is 2. The van der Waals surface area contributed by atoms with Gasteiger partial charge < -0.3 is 10.6 Å². The molecule has 4 heteroatoms. The first-order valence-electron chi connectivity index (χ1n) is 7.55. The Morgan fingerprint density at radius 2 is 1.91 bits per heavy atom. The van der Waals surface area contributed by atoms with Crippen molar-refractivity contribution in [1.29, 1.82) is 0 Å². The van der Waals surface area contributed by atoms with E-state index in [9.17, 15) is 4.79 Å². The zero-order valence-corrected chi connectivity index (χ0v) is 13.0. The van der Waals surface area contributed by atoms with Crippen molar-refractivity contribution >= 4 is 17.5 Å². The smallest absolute Gasteiger partial charge is 0.225 e. The number of amides is 1. The van der Waals surface area contributed by atoms with Crippen LogP contribution in [0.15, 0.2) is 54.6 Å². The Morgan fingerprint density at radius 3 is 2.59 bits per heavy atom. The second kappa shape index (κ2) is 6.95. The molecule has 22 heavy (non-hydrogen) atoms. The fourth-order valence-corrected chi connectivity index (χ4v) is 3.03. The van der Waals surface area contributed by atoms with Crippen LogP contribution in [0.2, 0.25) is 5.02 Å². The number of rotatable bonds is 4. The molecule has 1 fully saturated rings. The van der Waals surface area contributed by atoms with Crippen LogP contribution < -0.4 is 10.6 Å². The van der Waals surface area contributed by atoms with Gasteiger partial charge in [-0.2, -0.15) is 0 Å². The summed E-state index contributed by atoms with van der Waals surface area (Å²) in [6, 6.07) is 17.5. The highest BCUT2D eigenvalue weighted by atomic mass is 35.5. The molecule has 0 aromatic heterocycles. The van der Waals surface area contributed by atoms with E-state index in [1.807, 2.05) is 54.6 Å². The largest absolute Gasteiger partial charge is 0.345 e. The van der Waals surface area contributed by atoms with Gasteiger partial charge in [0.05, 0.1) is 12.0 Å². The van der Waals surface area contributed by atoms with E-state index in [4.69, 9.17) is 11.6 Å². The number of hydrogen-bond acceptors (Lipinski definition) is 2. The maximum atomic E-state index is 12.5. The summed E-state index contributed by atoms with van der Waals surface area (Å²) >= 11 is 6.12. The molecule has 0 bridgehead atoms. The molecule has 1 amide bonds. The van der Waals surface area contributed by atoms with E-state index >= 15 is 0 Å².